The van der Waals surface area contributed by atoms with Crippen molar-refractivity contribution in [3.63, 3.8) is 0 Å². The molecular formula is C15H27NO2. The molecule has 1 saturated heterocycles. The molecule has 1 heterocycles. The van der Waals surface area contributed by atoms with E-state index in [0.717, 1.165) is 31.3 Å². The molecule has 104 valence electrons. The quantitative estimate of drug-likeness (QED) is 0.786. The standard InChI is InChI=1S/C15H27NO2/c1-11(2)12-4-3-5-14(7-6-12)16-9-8-13(10-16)15(17)18/h11-14H,3-10H2,1-2H3,(H,17,18). The van der Waals surface area contributed by atoms with Crippen LogP contribution in [0, 0.1) is 17.8 Å². The number of hydrogen-bond donors (Lipinski definition) is 1. The second-order valence-corrected chi connectivity index (χ2v) is 6.48. The molecule has 3 heteroatoms. The largest absolute Gasteiger partial charge is 0.481 e. The Morgan fingerprint density at radius 2 is 1.94 bits per heavy atom. The van der Waals surface area contributed by atoms with Crippen LogP contribution < -0.4 is 0 Å². The van der Waals surface area contributed by atoms with Gasteiger partial charge in [0.2, 0.25) is 0 Å². The molecule has 1 aliphatic heterocycles. The Morgan fingerprint density at radius 1 is 1.17 bits per heavy atom. The van der Waals surface area contributed by atoms with Crippen molar-refractivity contribution in [3.8, 4) is 0 Å². The third-order valence-electron chi connectivity index (χ3n) is 5.01. The lowest BCUT2D eigenvalue weighted by molar-refractivity contribution is -0.141. The zero-order chi connectivity index (χ0) is 13.1. The number of carboxylic acid groups (broad SMARTS) is 1. The minimum absolute atomic E-state index is 0.117. The summed E-state index contributed by atoms with van der Waals surface area (Å²) in [5, 5.41) is 9.07. The predicted molar refractivity (Wildman–Crippen MR) is 72.5 cm³/mol. The Morgan fingerprint density at radius 3 is 2.56 bits per heavy atom. The van der Waals surface area contributed by atoms with E-state index < -0.39 is 5.97 Å². The minimum atomic E-state index is -0.605. The van der Waals surface area contributed by atoms with Crippen molar-refractivity contribution in [1.29, 1.82) is 0 Å². The molecule has 0 radical (unpaired) electrons. The van der Waals surface area contributed by atoms with Gasteiger partial charge in [-0.25, -0.2) is 0 Å². The van der Waals surface area contributed by atoms with E-state index in [2.05, 4.69) is 18.7 Å². The van der Waals surface area contributed by atoms with Gasteiger partial charge in [-0.3, -0.25) is 9.69 Å². The Labute approximate surface area is 111 Å². The predicted octanol–water partition coefficient (Wildman–Crippen LogP) is 3.00. The van der Waals surface area contributed by atoms with Gasteiger partial charge in [0.25, 0.3) is 0 Å². The van der Waals surface area contributed by atoms with Gasteiger partial charge >= 0.3 is 5.97 Å². The van der Waals surface area contributed by atoms with E-state index in [1.165, 1.54) is 32.1 Å². The molecule has 2 rings (SSSR count). The van der Waals surface area contributed by atoms with E-state index >= 15 is 0 Å². The van der Waals surface area contributed by atoms with Crippen molar-refractivity contribution < 1.29 is 9.90 Å². The Kier molecular flexibility index (Phi) is 4.66. The summed E-state index contributed by atoms with van der Waals surface area (Å²) < 4.78 is 0. The van der Waals surface area contributed by atoms with Crippen LogP contribution in [0.2, 0.25) is 0 Å². The maximum atomic E-state index is 11.0. The fourth-order valence-corrected chi connectivity index (χ4v) is 3.66. The fraction of sp³-hybridized carbons (Fsp3) is 0.933. The summed E-state index contributed by atoms with van der Waals surface area (Å²) in [5.74, 6) is 0.960. The van der Waals surface area contributed by atoms with Crippen molar-refractivity contribution in [2.75, 3.05) is 13.1 Å². The highest BCUT2D eigenvalue weighted by Crippen LogP contribution is 2.32. The van der Waals surface area contributed by atoms with Gasteiger partial charge in [0.05, 0.1) is 5.92 Å². The molecule has 1 N–H and O–H groups in total. The lowest BCUT2D eigenvalue weighted by atomic mass is 9.89. The molecule has 2 aliphatic rings. The summed E-state index contributed by atoms with van der Waals surface area (Å²) in [4.78, 5) is 13.5. The first-order valence-electron chi connectivity index (χ1n) is 7.54. The summed E-state index contributed by atoms with van der Waals surface area (Å²) in [7, 11) is 0. The summed E-state index contributed by atoms with van der Waals surface area (Å²) >= 11 is 0. The fourth-order valence-electron chi connectivity index (χ4n) is 3.66. The monoisotopic (exact) mass is 253 g/mol. The van der Waals surface area contributed by atoms with E-state index in [1.807, 2.05) is 0 Å². The SMILES string of the molecule is CC(C)C1CCCC(N2CCC(C(=O)O)C2)CC1. The second kappa shape index (κ2) is 6.05. The van der Waals surface area contributed by atoms with Crippen molar-refractivity contribution in [1.82, 2.24) is 4.90 Å². The average Bonchev–Trinajstić information content (AvgIpc) is 2.67. The molecule has 0 aromatic heterocycles. The zero-order valence-corrected chi connectivity index (χ0v) is 11.8. The van der Waals surface area contributed by atoms with Crippen LogP contribution in [0.3, 0.4) is 0 Å². The van der Waals surface area contributed by atoms with Crippen LogP contribution in [0.25, 0.3) is 0 Å². The number of carboxylic acids is 1. The Hall–Kier alpha value is -0.570. The highest BCUT2D eigenvalue weighted by atomic mass is 16.4. The number of nitrogens with zero attached hydrogens (tertiary/aromatic N) is 1. The highest BCUT2D eigenvalue weighted by Gasteiger charge is 2.33. The summed E-state index contributed by atoms with van der Waals surface area (Å²) in [6, 6.07) is 0.651. The number of carbonyl (C=O) groups is 1. The number of rotatable bonds is 3. The first kappa shape index (κ1) is 13.9. The first-order chi connectivity index (χ1) is 8.58. The van der Waals surface area contributed by atoms with Gasteiger partial charge in [-0.1, -0.05) is 26.7 Å². The molecule has 2 fully saturated rings. The summed E-state index contributed by atoms with van der Waals surface area (Å²) in [6.07, 6.45) is 7.41. The van der Waals surface area contributed by atoms with Gasteiger partial charge in [-0.15, -0.1) is 0 Å². The molecule has 0 aromatic rings. The number of aliphatic carboxylic acids is 1. The molecule has 3 atom stereocenters. The summed E-state index contributed by atoms with van der Waals surface area (Å²) in [5.41, 5.74) is 0. The zero-order valence-electron chi connectivity index (χ0n) is 11.8. The normalized spacial score (nSPS) is 34.7. The molecule has 3 unspecified atom stereocenters. The van der Waals surface area contributed by atoms with Gasteiger partial charge in [-0.05, 0) is 44.1 Å². The van der Waals surface area contributed by atoms with Gasteiger partial charge in [-0.2, -0.15) is 0 Å². The molecule has 0 aromatic carbocycles. The first-order valence-corrected chi connectivity index (χ1v) is 7.54. The van der Waals surface area contributed by atoms with E-state index in [1.54, 1.807) is 0 Å². The smallest absolute Gasteiger partial charge is 0.307 e. The van der Waals surface area contributed by atoms with Crippen LogP contribution in [0.1, 0.15) is 52.4 Å². The van der Waals surface area contributed by atoms with E-state index in [9.17, 15) is 4.79 Å². The van der Waals surface area contributed by atoms with Crippen LogP contribution in [-0.4, -0.2) is 35.1 Å². The topological polar surface area (TPSA) is 40.5 Å². The van der Waals surface area contributed by atoms with Crippen molar-refractivity contribution in [3.05, 3.63) is 0 Å². The third-order valence-corrected chi connectivity index (χ3v) is 5.01. The van der Waals surface area contributed by atoms with Crippen LogP contribution in [-0.2, 0) is 4.79 Å². The minimum Gasteiger partial charge on any atom is -0.481 e. The lowest BCUT2D eigenvalue weighted by Crippen LogP contribution is -2.33. The molecule has 0 amide bonds. The van der Waals surface area contributed by atoms with Gasteiger partial charge < -0.3 is 5.11 Å². The number of hydrogen-bond acceptors (Lipinski definition) is 2. The molecule has 0 bridgehead atoms. The lowest BCUT2D eigenvalue weighted by Gasteiger charge is -2.26. The molecule has 18 heavy (non-hydrogen) atoms. The van der Waals surface area contributed by atoms with E-state index in [4.69, 9.17) is 5.11 Å². The maximum Gasteiger partial charge on any atom is 0.307 e. The molecule has 3 nitrogen and oxygen atoms in total. The average molecular weight is 253 g/mol. The third kappa shape index (κ3) is 3.25. The van der Waals surface area contributed by atoms with Crippen LogP contribution in [0.15, 0.2) is 0 Å². The summed E-state index contributed by atoms with van der Waals surface area (Å²) in [6.45, 7) is 6.45. The molecular weight excluding hydrogens is 226 g/mol. The van der Waals surface area contributed by atoms with Gasteiger partial charge in [0.1, 0.15) is 0 Å². The van der Waals surface area contributed by atoms with Crippen LogP contribution in [0.4, 0.5) is 0 Å². The van der Waals surface area contributed by atoms with Gasteiger partial charge in [0, 0.05) is 12.6 Å². The number of likely N-dealkylation sites (tertiary alicyclic amines) is 1. The Balaban J connectivity index is 1.85. The van der Waals surface area contributed by atoms with Crippen molar-refractivity contribution in [2.24, 2.45) is 17.8 Å². The molecule has 1 aliphatic carbocycles. The van der Waals surface area contributed by atoms with E-state index in [-0.39, 0.29) is 5.92 Å². The van der Waals surface area contributed by atoms with E-state index in [0.29, 0.717) is 6.04 Å². The molecule has 1 saturated carbocycles. The van der Waals surface area contributed by atoms with Crippen molar-refractivity contribution >= 4 is 5.97 Å². The Bertz CT molecular complexity index is 290. The van der Waals surface area contributed by atoms with Gasteiger partial charge in [0.15, 0.2) is 0 Å². The van der Waals surface area contributed by atoms with Crippen LogP contribution in [0.5, 0.6) is 0 Å². The highest BCUT2D eigenvalue weighted by molar-refractivity contribution is 5.70. The van der Waals surface area contributed by atoms with Crippen molar-refractivity contribution in [2.45, 2.75) is 58.4 Å². The maximum absolute atomic E-state index is 11.0. The van der Waals surface area contributed by atoms with Crippen LogP contribution >= 0.6 is 0 Å². The second-order valence-electron chi connectivity index (χ2n) is 6.48. The molecule has 0 spiro atoms.